The number of ether oxygens (including phenoxy) is 1. The van der Waals surface area contributed by atoms with Crippen molar-refractivity contribution < 1.29 is 17.9 Å². The Kier molecular flexibility index (Phi) is 7.16. The Bertz CT molecular complexity index is 972. The number of amides is 1. The number of sulfonamides is 1. The van der Waals surface area contributed by atoms with Crippen molar-refractivity contribution in [2.24, 2.45) is 0 Å². The van der Waals surface area contributed by atoms with E-state index in [1.165, 1.54) is 11.4 Å². The van der Waals surface area contributed by atoms with Gasteiger partial charge in [-0.3, -0.25) is 4.79 Å². The number of nitrogens with one attached hydrogen (secondary N) is 1. The van der Waals surface area contributed by atoms with E-state index in [-0.39, 0.29) is 17.2 Å². The quantitative estimate of drug-likeness (QED) is 0.709. The minimum absolute atomic E-state index is 0.182. The van der Waals surface area contributed by atoms with Gasteiger partial charge in [-0.2, -0.15) is 4.31 Å². The van der Waals surface area contributed by atoms with Crippen LogP contribution in [0.2, 0.25) is 5.02 Å². The highest BCUT2D eigenvalue weighted by Gasteiger charge is 2.26. The summed E-state index contributed by atoms with van der Waals surface area (Å²) in [5.41, 5.74) is 1.31. The average Bonchev–Trinajstić information content (AvgIpc) is 2.72. The number of hydrogen-bond acceptors (Lipinski definition) is 4. The van der Waals surface area contributed by atoms with Gasteiger partial charge in [-0.05, 0) is 61.2 Å². The fourth-order valence-corrected chi connectivity index (χ4v) is 5.16. The number of piperidine rings is 1. The van der Waals surface area contributed by atoms with E-state index in [9.17, 15) is 13.2 Å². The van der Waals surface area contributed by atoms with E-state index in [1.54, 1.807) is 42.5 Å². The van der Waals surface area contributed by atoms with Crippen molar-refractivity contribution in [3.05, 3.63) is 53.1 Å². The zero-order chi connectivity index (χ0) is 20.9. The van der Waals surface area contributed by atoms with Gasteiger partial charge >= 0.3 is 0 Å². The number of aryl methyl sites for hydroxylation is 1. The lowest BCUT2D eigenvalue weighted by Gasteiger charge is -2.26. The molecule has 1 saturated heterocycles. The SMILES string of the molecule is COc1ccc(S(=O)(=O)N2CCCCC2)cc1CCC(=O)Nc1cccc(Cl)c1. The van der Waals surface area contributed by atoms with Gasteiger partial charge in [-0.25, -0.2) is 8.42 Å². The molecule has 1 aliphatic heterocycles. The first kappa shape index (κ1) is 21.6. The molecule has 6 nitrogen and oxygen atoms in total. The standard InChI is InChI=1S/C21H25ClN2O4S/c1-28-20-10-9-19(29(26,27)24-12-3-2-4-13-24)14-16(20)8-11-21(25)23-18-7-5-6-17(22)15-18/h5-7,9-10,14-15H,2-4,8,11-13H2,1H3,(H,23,25). The molecule has 1 heterocycles. The lowest BCUT2D eigenvalue weighted by molar-refractivity contribution is -0.116. The minimum atomic E-state index is -3.54. The van der Waals surface area contributed by atoms with Gasteiger partial charge in [-0.15, -0.1) is 0 Å². The van der Waals surface area contributed by atoms with Crippen LogP contribution in [-0.2, 0) is 21.2 Å². The van der Waals surface area contributed by atoms with Crippen LogP contribution < -0.4 is 10.1 Å². The number of halogens is 1. The number of carbonyl (C=O) groups is 1. The zero-order valence-electron chi connectivity index (χ0n) is 16.4. The van der Waals surface area contributed by atoms with Crippen molar-refractivity contribution in [3.63, 3.8) is 0 Å². The van der Waals surface area contributed by atoms with Crippen LogP contribution in [0, 0.1) is 0 Å². The van der Waals surface area contributed by atoms with Crippen molar-refractivity contribution in [1.29, 1.82) is 0 Å². The lowest BCUT2D eigenvalue weighted by atomic mass is 10.1. The van der Waals surface area contributed by atoms with E-state index in [2.05, 4.69) is 5.32 Å². The second kappa shape index (κ2) is 9.61. The van der Waals surface area contributed by atoms with Gasteiger partial charge in [-0.1, -0.05) is 24.1 Å². The second-order valence-corrected chi connectivity index (χ2v) is 9.37. The summed E-state index contributed by atoms with van der Waals surface area (Å²) < 4.78 is 32.8. The summed E-state index contributed by atoms with van der Waals surface area (Å²) in [6.45, 7) is 1.09. The smallest absolute Gasteiger partial charge is 0.243 e. The first-order chi connectivity index (χ1) is 13.9. The molecule has 156 valence electrons. The molecule has 0 radical (unpaired) electrons. The third kappa shape index (κ3) is 5.50. The summed E-state index contributed by atoms with van der Waals surface area (Å²) in [5.74, 6) is 0.386. The molecule has 0 atom stereocenters. The molecule has 1 aliphatic rings. The van der Waals surface area contributed by atoms with E-state index < -0.39 is 10.0 Å². The summed E-state index contributed by atoms with van der Waals surface area (Å²) in [4.78, 5) is 12.5. The van der Waals surface area contributed by atoms with Crippen molar-refractivity contribution in [3.8, 4) is 5.75 Å². The number of rotatable bonds is 7. The molecule has 0 aromatic heterocycles. The predicted octanol–water partition coefficient (Wildman–Crippen LogP) is 4.09. The van der Waals surface area contributed by atoms with Crippen LogP contribution in [0.15, 0.2) is 47.4 Å². The van der Waals surface area contributed by atoms with E-state index in [1.807, 2.05) is 0 Å². The van der Waals surface area contributed by atoms with E-state index in [0.717, 1.165) is 19.3 Å². The van der Waals surface area contributed by atoms with Crippen LogP contribution in [0.4, 0.5) is 5.69 Å². The van der Waals surface area contributed by atoms with Gasteiger partial charge in [0.15, 0.2) is 0 Å². The zero-order valence-corrected chi connectivity index (χ0v) is 17.9. The average molecular weight is 437 g/mol. The number of methoxy groups -OCH3 is 1. The predicted molar refractivity (Wildman–Crippen MR) is 114 cm³/mol. The van der Waals surface area contributed by atoms with Crippen LogP contribution in [0.3, 0.4) is 0 Å². The topological polar surface area (TPSA) is 75.7 Å². The summed E-state index contributed by atoms with van der Waals surface area (Å²) in [6.07, 6.45) is 3.37. The molecule has 29 heavy (non-hydrogen) atoms. The summed E-state index contributed by atoms with van der Waals surface area (Å²) in [5, 5.41) is 3.34. The van der Waals surface area contributed by atoms with Crippen LogP contribution in [0.5, 0.6) is 5.75 Å². The Morgan fingerprint density at radius 2 is 1.90 bits per heavy atom. The molecule has 1 N–H and O–H groups in total. The van der Waals surface area contributed by atoms with Crippen molar-refractivity contribution in [1.82, 2.24) is 4.31 Å². The molecule has 2 aromatic rings. The van der Waals surface area contributed by atoms with E-state index in [4.69, 9.17) is 16.3 Å². The molecule has 2 aromatic carbocycles. The molecule has 8 heteroatoms. The van der Waals surface area contributed by atoms with Crippen LogP contribution in [0.1, 0.15) is 31.2 Å². The third-order valence-corrected chi connectivity index (χ3v) is 7.06. The van der Waals surface area contributed by atoms with Gasteiger partial charge in [0.05, 0.1) is 12.0 Å². The van der Waals surface area contributed by atoms with E-state index in [0.29, 0.717) is 41.5 Å². The third-order valence-electron chi connectivity index (χ3n) is 4.93. The summed E-state index contributed by atoms with van der Waals surface area (Å²) >= 11 is 5.94. The van der Waals surface area contributed by atoms with Crippen LogP contribution in [-0.4, -0.2) is 38.8 Å². The molecule has 3 rings (SSSR count). The number of hydrogen-bond donors (Lipinski definition) is 1. The highest BCUT2D eigenvalue weighted by atomic mass is 35.5. The minimum Gasteiger partial charge on any atom is -0.496 e. The fourth-order valence-electron chi connectivity index (χ4n) is 3.40. The van der Waals surface area contributed by atoms with Gasteiger partial charge in [0, 0.05) is 30.2 Å². The molecular weight excluding hydrogens is 412 g/mol. The Hall–Kier alpha value is -2.09. The monoisotopic (exact) mass is 436 g/mol. The summed E-state index contributed by atoms with van der Waals surface area (Å²) in [6, 6.07) is 11.8. The molecule has 0 unspecified atom stereocenters. The first-order valence-corrected chi connectivity index (χ1v) is 11.4. The Morgan fingerprint density at radius 3 is 2.59 bits per heavy atom. The highest BCUT2D eigenvalue weighted by molar-refractivity contribution is 7.89. The van der Waals surface area contributed by atoms with Crippen molar-refractivity contribution in [2.45, 2.75) is 37.0 Å². The van der Waals surface area contributed by atoms with Gasteiger partial charge in [0.1, 0.15) is 5.75 Å². The Balaban J connectivity index is 1.72. The second-order valence-electron chi connectivity index (χ2n) is 7.00. The largest absolute Gasteiger partial charge is 0.496 e. The highest BCUT2D eigenvalue weighted by Crippen LogP contribution is 2.27. The van der Waals surface area contributed by atoms with Crippen LogP contribution in [0.25, 0.3) is 0 Å². The molecule has 1 fully saturated rings. The molecule has 0 bridgehead atoms. The van der Waals surface area contributed by atoms with Crippen molar-refractivity contribution in [2.75, 3.05) is 25.5 Å². The maximum atomic E-state index is 12.9. The summed E-state index contributed by atoms with van der Waals surface area (Å²) in [7, 11) is -2.01. The van der Waals surface area contributed by atoms with Crippen molar-refractivity contribution >= 4 is 33.2 Å². The van der Waals surface area contributed by atoms with Gasteiger partial charge in [0.25, 0.3) is 0 Å². The van der Waals surface area contributed by atoms with Crippen LogP contribution >= 0.6 is 11.6 Å². The molecule has 0 spiro atoms. The number of carbonyl (C=O) groups excluding carboxylic acids is 1. The molecule has 1 amide bonds. The van der Waals surface area contributed by atoms with E-state index >= 15 is 0 Å². The first-order valence-electron chi connectivity index (χ1n) is 9.62. The van der Waals surface area contributed by atoms with Gasteiger partial charge < -0.3 is 10.1 Å². The number of benzene rings is 2. The molecule has 0 saturated carbocycles. The fraction of sp³-hybridized carbons (Fsp3) is 0.381. The van der Waals surface area contributed by atoms with Gasteiger partial charge in [0.2, 0.25) is 15.9 Å². The molecule has 0 aliphatic carbocycles. The maximum Gasteiger partial charge on any atom is 0.243 e. The Morgan fingerprint density at radius 1 is 1.14 bits per heavy atom. The number of nitrogens with zero attached hydrogens (tertiary/aromatic N) is 1. The number of anilines is 1. The normalized spacial score (nSPS) is 15.1. The lowest BCUT2D eigenvalue weighted by Crippen LogP contribution is -2.35. The Labute approximate surface area is 176 Å². The molecular formula is C21H25ClN2O4S. The maximum absolute atomic E-state index is 12.9.